The number of anilines is 1. The molecule has 1 fully saturated rings. The number of nitrogens with one attached hydrogen (secondary N) is 5. The highest BCUT2D eigenvalue weighted by Crippen LogP contribution is 2.27. The lowest BCUT2D eigenvalue weighted by Crippen LogP contribution is -2.58. The number of carbonyl (C=O) groups is 7. The van der Waals surface area contributed by atoms with Gasteiger partial charge in [-0.3, -0.25) is 28.8 Å². The van der Waals surface area contributed by atoms with Crippen LogP contribution in [0.25, 0.3) is 0 Å². The van der Waals surface area contributed by atoms with Gasteiger partial charge in [-0.2, -0.15) is 0 Å². The maximum Gasteiger partial charge on any atom is 0.330 e. The van der Waals surface area contributed by atoms with Gasteiger partial charge >= 0.3 is 5.97 Å². The molecule has 0 aliphatic heterocycles. The monoisotopic (exact) mass is 706 g/mol. The minimum atomic E-state index is -1.37. The average molecular weight is 707 g/mol. The first-order chi connectivity index (χ1) is 24.3. The number of rotatable bonds is 18. The first kappa shape index (κ1) is 40.2. The van der Waals surface area contributed by atoms with E-state index in [1.165, 1.54) is 12.1 Å². The van der Waals surface area contributed by atoms with Crippen molar-refractivity contribution >= 4 is 47.0 Å². The van der Waals surface area contributed by atoms with Gasteiger partial charge in [0.05, 0.1) is 18.2 Å². The van der Waals surface area contributed by atoms with Gasteiger partial charge in [0.1, 0.15) is 12.1 Å². The molecule has 1 aliphatic rings. The number of Topliss-reactive ketones (excluding diaryl/α,β-unsaturated/α-hetero) is 1. The van der Waals surface area contributed by atoms with Crippen molar-refractivity contribution in [1.29, 1.82) is 0 Å². The number of nitrogens with two attached hydrogens (primary N) is 1. The number of nitrogen functional groups attached to an aromatic ring is 1. The van der Waals surface area contributed by atoms with Crippen LogP contribution in [-0.2, 0) is 28.8 Å². The molecule has 0 spiro atoms. The van der Waals surface area contributed by atoms with Gasteiger partial charge in [-0.15, -0.1) is 0 Å². The van der Waals surface area contributed by atoms with Gasteiger partial charge < -0.3 is 37.4 Å². The van der Waals surface area contributed by atoms with Gasteiger partial charge in [-0.25, -0.2) is 4.79 Å². The van der Waals surface area contributed by atoms with Crippen LogP contribution in [0.4, 0.5) is 5.69 Å². The van der Waals surface area contributed by atoms with E-state index in [1.807, 2.05) is 13.8 Å². The number of hydrogen-bond donors (Lipinski definition) is 7. The molecule has 14 nitrogen and oxygen atoms in total. The first-order valence-electron chi connectivity index (χ1n) is 17.5. The quantitative estimate of drug-likeness (QED) is 0.0891. The predicted molar refractivity (Wildman–Crippen MR) is 190 cm³/mol. The normalized spacial score (nSPS) is 15.4. The molecule has 2 aromatic carbocycles. The molecule has 51 heavy (non-hydrogen) atoms. The summed E-state index contributed by atoms with van der Waals surface area (Å²) in [5, 5.41) is 22.3. The van der Waals surface area contributed by atoms with Crippen molar-refractivity contribution in [1.82, 2.24) is 26.6 Å². The maximum absolute atomic E-state index is 13.9. The molecule has 8 N–H and O–H groups in total. The highest BCUT2D eigenvalue weighted by molar-refractivity contribution is 6.38. The zero-order chi connectivity index (χ0) is 37.5. The molecule has 0 bridgehead atoms. The number of amides is 5. The molecule has 3 rings (SSSR count). The second-order valence-corrected chi connectivity index (χ2v) is 13.3. The first-order valence-corrected chi connectivity index (χ1v) is 17.5. The Hall–Kier alpha value is -5.27. The minimum absolute atomic E-state index is 0.0551. The van der Waals surface area contributed by atoms with Crippen LogP contribution < -0.4 is 32.3 Å². The van der Waals surface area contributed by atoms with Gasteiger partial charge in [0.2, 0.25) is 23.5 Å². The Kier molecular flexibility index (Phi) is 15.6. The van der Waals surface area contributed by atoms with E-state index in [2.05, 4.69) is 26.6 Å². The molecule has 2 aromatic rings. The Morgan fingerprint density at radius 3 is 2.04 bits per heavy atom. The van der Waals surface area contributed by atoms with Gasteiger partial charge in [0.25, 0.3) is 11.8 Å². The van der Waals surface area contributed by atoms with E-state index in [-0.39, 0.29) is 35.9 Å². The molecule has 0 radical (unpaired) electrons. The van der Waals surface area contributed by atoms with Crippen LogP contribution in [0.5, 0.6) is 0 Å². The lowest BCUT2D eigenvalue weighted by atomic mass is 9.83. The molecule has 1 aliphatic carbocycles. The molecule has 0 saturated heterocycles. The van der Waals surface area contributed by atoms with E-state index in [9.17, 15) is 38.7 Å². The Morgan fingerprint density at radius 1 is 0.804 bits per heavy atom. The van der Waals surface area contributed by atoms with Crippen molar-refractivity contribution in [3.05, 3.63) is 65.7 Å². The molecule has 276 valence electrons. The van der Waals surface area contributed by atoms with E-state index < -0.39 is 72.0 Å². The van der Waals surface area contributed by atoms with Crippen LogP contribution >= 0.6 is 0 Å². The molecule has 0 heterocycles. The summed E-state index contributed by atoms with van der Waals surface area (Å²) in [6.45, 7) is 4.82. The number of carbonyl (C=O) groups excluding carboxylic acids is 6. The van der Waals surface area contributed by atoms with E-state index >= 15 is 0 Å². The third-order valence-electron chi connectivity index (χ3n) is 8.76. The SMILES string of the molecule is CCCC(NC(=O)[C@H](CC(C)C)NC(=O)[C@@H](NC(=O)c1ccccc1N)C1CCCCC1)C(=O)C(=O)NCC(=O)N[C@H](C(=O)O)c1ccccc1. The van der Waals surface area contributed by atoms with Gasteiger partial charge in [0.15, 0.2) is 6.04 Å². The summed E-state index contributed by atoms with van der Waals surface area (Å²) in [6, 6.07) is 9.87. The van der Waals surface area contributed by atoms with Crippen molar-refractivity contribution in [2.45, 2.75) is 96.3 Å². The standard InChI is InChI=1S/C37H50N6O8/c1-4-13-27(32(45)36(49)39-21-29(44)42-31(37(50)51)24-16-9-6-10-17-24)40-34(47)28(20-22(2)3)41-35(48)30(23-14-7-5-8-15-23)43-33(46)25-18-11-12-19-26(25)38/h6,9-12,16-19,22-23,27-28,30-31H,4-5,7-8,13-15,20-21,38H2,1-3H3,(H,39,49)(H,40,47)(H,41,48)(H,42,44)(H,43,46)(H,50,51)/t27?,28-,30-,31-/m0/s1. The van der Waals surface area contributed by atoms with Crippen LogP contribution in [0.3, 0.4) is 0 Å². The fraction of sp³-hybridized carbons (Fsp3) is 0.486. The van der Waals surface area contributed by atoms with Crippen molar-refractivity contribution in [2.75, 3.05) is 12.3 Å². The van der Waals surface area contributed by atoms with Crippen LogP contribution in [0, 0.1) is 11.8 Å². The largest absolute Gasteiger partial charge is 0.479 e. The van der Waals surface area contributed by atoms with Crippen molar-refractivity contribution in [3.8, 4) is 0 Å². The predicted octanol–water partition coefficient (Wildman–Crippen LogP) is 2.39. The number of hydrogen-bond acceptors (Lipinski definition) is 8. The molecule has 0 aromatic heterocycles. The lowest BCUT2D eigenvalue weighted by Gasteiger charge is -2.32. The van der Waals surface area contributed by atoms with Gasteiger partial charge in [0, 0.05) is 5.69 Å². The Bertz CT molecular complexity index is 1540. The fourth-order valence-corrected chi connectivity index (χ4v) is 6.13. The summed E-state index contributed by atoms with van der Waals surface area (Å²) in [7, 11) is 0. The number of benzene rings is 2. The summed E-state index contributed by atoms with van der Waals surface area (Å²) in [4.78, 5) is 91.1. The number of para-hydroxylation sites is 1. The van der Waals surface area contributed by atoms with Crippen molar-refractivity contribution < 1.29 is 38.7 Å². The second-order valence-electron chi connectivity index (χ2n) is 13.3. The van der Waals surface area contributed by atoms with Crippen LogP contribution in [0.15, 0.2) is 54.6 Å². The zero-order valence-corrected chi connectivity index (χ0v) is 29.4. The third kappa shape index (κ3) is 12.2. The van der Waals surface area contributed by atoms with Gasteiger partial charge in [-0.05, 0) is 55.2 Å². The Morgan fingerprint density at radius 2 is 1.43 bits per heavy atom. The summed E-state index contributed by atoms with van der Waals surface area (Å²) in [5.41, 5.74) is 6.84. The highest BCUT2D eigenvalue weighted by Gasteiger charge is 2.35. The fourth-order valence-electron chi connectivity index (χ4n) is 6.13. The maximum atomic E-state index is 13.9. The molecule has 14 heteroatoms. The van der Waals surface area contributed by atoms with E-state index in [4.69, 9.17) is 5.73 Å². The number of aliphatic carboxylic acids is 1. The Labute approximate surface area is 298 Å². The zero-order valence-electron chi connectivity index (χ0n) is 29.4. The number of carboxylic acids is 1. The lowest BCUT2D eigenvalue weighted by molar-refractivity contribution is -0.142. The third-order valence-corrected chi connectivity index (χ3v) is 8.76. The second kappa shape index (κ2) is 19.8. The molecule has 5 amide bonds. The van der Waals surface area contributed by atoms with Crippen LogP contribution in [-0.4, -0.2) is 71.1 Å². The molecule has 4 atom stereocenters. The van der Waals surface area contributed by atoms with Gasteiger partial charge in [-0.1, -0.05) is 88.9 Å². The smallest absolute Gasteiger partial charge is 0.330 e. The molecule has 1 unspecified atom stereocenters. The van der Waals surface area contributed by atoms with Crippen LogP contribution in [0.2, 0.25) is 0 Å². The van der Waals surface area contributed by atoms with Crippen molar-refractivity contribution in [2.24, 2.45) is 11.8 Å². The van der Waals surface area contributed by atoms with E-state index in [1.54, 1.807) is 49.4 Å². The topological polar surface area (TPSA) is 226 Å². The molecular weight excluding hydrogens is 656 g/mol. The molecule has 1 saturated carbocycles. The summed E-state index contributed by atoms with van der Waals surface area (Å²) < 4.78 is 0. The summed E-state index contributed by atoms with van der Waals surface area (Å²) in [6.07, 6.45) is 4.96. The summed E-state index contributed by atoms with van der Waals surface area (Å²) >= 11 is 0. The number of ketones is 1. The summed E-state index contributed by atoms with van der Waals surface area (Å²) in [5.74, 6) is -6.22. The highest BCUT2D eigenvalue weighted by atomic mass is 16.4. The molecular formula is C37H50N6O8. The average Bonchev–Trinajstić information content (AvgIpc) is 3.11. The minimum Gasteiger partial charge on any atom is -0.479 e. The Balaban J connectivity index is 1.69. The van der Waals surface area contributed by atoms with E-state index in [0.717, 1.165) is 19.3 Å². The number of carboxylic acid groups (broad SMARTS) is 1. The van der Waals surface area contributed by atoms with Crippen LogP contribution in [0.1, 0.15) is 94.1 Å². The van der Waals surface area contributed by atoms with E-state index in [0.29, 0.717) is 24.8 Å². The van der Waals surface area contributed by atoms with Crippen molar-refractivity contribution in [3.63, 3.8) is 0 Å².